The van der Waals surface area contributed by atoms with E-state index in [4.69, 9.17) is 14.2 Å². The molecule has 1 saturated carbocycles. The molecule has 0 amide bonds. The first-order valence-electron chi connectivity index (χ1n) is 5.74. The zero-order chi connectivity index (χ0) is 10.5. The lowest BCUT2D eigenvalue weighted by Crippen LogP contribution is -2.38. The van der Waals surface area contributed by atoms with E-state index in [9.17, 15) is 5.11 Å². The second-order valence-corrected chi connectivity index (χ2v) is 4.97. The van der Waals surface area contributed by atoms with E-state index in [0.29, 0.717) is 12.5 Å². The van der Waals surface area contributed by atoms with Crippen LogP contribution in [-0.2, 0) is 14.2 Å². The average molecular weight is 214 g/mol. The lowest BCUT2D eigenvalue weighted by Gasteiger charge is -2.28. The van der Waals surface area contributed by atoms with Crippen molar-refractivity contribution in [2.45, 2.75) is 49.8 Å². The number of methoxy groups -OCH3 is 1. The average Bonchev–Trinajstić information content (AvgIpc) is 2.86. The van der Waals surface area contributed by atoms with E-state index in [1.807, 2.05) is 0 Å². The minimum Gasteiger partial charge on any atom is -0.393 e. The van der Waals surface area contributed by atoms with Crippen LogP contribution in [0.4, 0.5) is 0 Å². The maximum absolute atomic E-state index is 9.63. The molecule has 2 heterocycles. The summed E-state index contributed by atoms with van der Waals surface area (Å²) >= 11 is 0. The van der Waals surface area contributed by atoms with Gasteiger partial charge >= 0.3 is 0 Å². The van der Waals surface area contributed by atoms with Gasteiger partial charge in [-0.05, 0) is 19.3 Å². The highest BCUT2D eigenvalue weighted by molar-refractivity contribution is 5.05. The standard InChI is InChI=1S/C11H18O4/c1-13-10-2-3-11(15-10)6-14-9-5-7(12)4-8(9)11/h7-10,12H,2-6H2,1H3/t7-,8+,9-,10?,11-/m1/s1. The molecule has 1 N–H and O–H groups in total. The van der Waals surface area contributed by atoms with Crippen LogP contribution in [-0.4, -0.2) is 42.9 Å². The van der Waals surface area contributed by atoms with Crippen LogP contribution in [0.15, 0.2) is 0 Å². The third-order valence-corrected chi connectivity index (χ3v) is 4.13. The van der Waals surface area contributed by atoms with Gasteiger partial charge in [-0.3, -0.25) is 0 Å². The van der Waals surface area contributed by atoms with Crippen LogP contribution in [0.3, 0.4) is 0 Å². The fourth-order valence-corrected chi connectivity index (χ4v) is 3.35. The Hall–Kier alpha value is -0.160. The van der Waals surface area contributed by atoms with Crippen LogP contribution in [0.1, 0.15) is 25.7 Å². The molecular formula is C11H18O4. The summed E-state index contributed by atoms with van der Waals surface area (Å²) in [5.74, 6) is 0.368. The van der Waals surface area contributed by atoms with E-state index in [1.54, 1.807) is 7.11 Å². The molecule has 5 atom stereocenters. The van der Waals surface area contributed by atoms with Crippen molar-refractivity contribution in [3.63, 3.8) is 0 Å². The van der Waals surface area contributed by atoms with Crippen LogP contribution in [0.2, 0.25) is 0 Å². The quantitative estimate of drug-likeness (QED) is 0.697. The molecule has 0 aromatic rings. The topological polar surface area (TPSA) is 47.9 Å². The van der Waals surface area contributed by atoms with Gasteiger partial charge in [0, 0.05) is 19.4 Å². The summed E-state index contributed by atoms with van der Waals surface area (Å²) in [5.41, 5.74) is -0.164. The molecule has 15 heavy (non-hydrogen) atoms. The second-order valence-electron chi connectivity index (χ2n) is 4.97. The number of hydrogen-bond acceptors (Lipinski definition) is 4. The maximum atomic E-state index is 9.63. The highest BCUT2D eigenvalue weighted by Crippen LogP contribution is 2.50. The van der Waals surface area contributed by atoms with E-state index in [1.165, 1.54) is 0 Å². The molecule has 86 valence electrons. The minimum absolute atomic E-state index is 0.0786. The van der Waals surface area contributed by atoms with E-state index >= 15 is 0 Å². The monoisotopic (exact) mass is 214 g/mol. The van der Waals surface area contributed by atoms with Crippen molar-refractivity contribution < 1.29 is 19.3 Å². The van der Waals surface area contributed by atoms with Gasteiger partial charge in [-0.2, -0.15) is 0 Å². The van der Waals surface area contributed by atoms with Gasteiger partial charge in [0.15, 0.2) is 6.29 Å². The van der Waals surface area contributed by atoms with E-state index in [0.717, 1.165) is 25.7 Å². The normalized spacial score (nSPS) is 54.0. The SMILES string of the molecule is COC1CC[C@]2(CO[C@@H]3C[C@H](O)C[C@@H]32)O1. The number of ether oxygens (including phenoxy) is 3. The molecule has 2 aliphatic heterocycles. The summed E-state index contributed by atoms with van der Waals surface area (Å²) < 4.78 is 16.9. The molecule has 1 aliphatic carbocycles. The maximum Gasteiger partial charge on any atom is 0.158 e. The third kappa shape index (κ3) is 1.43. The van der Waals surface area contributed by atoms with Gasteiger partial charge in [-0.1, -0.05) is 0 Å². The molecule has 0 aromatic carbocycles. The molecule has 0 bridgehead atoms. The first-order valence-corrected chi connectivity index (χ1v) is 5.74. The highest BCUT2D eigenvalue weighted by Gasteiger charge is 2.57. The van der Waals surface area contributed by atoms with Crippen molar-refractivity contribution in [3.05, 3.63) is 0 Å². The summed E-state index contributed by atoms with van der Waals surface area (Å²) in [7, 11) is 1.68. The molecule has 1 spiro atoms. The van der Waals surface area contributed by atoms with Crippen molar-refractivity contribution >= 4 is 0 Å². The van der Waals surface area contributed by atoms with Crippen molar-refractivity contribution in [3.8, 4) is 0 Å². The van der Waals surface area contributed by atoms with Crippen molar-refractivity contribution in [1.29, 1.82) is 0 Å². The lowest BCUT2D eigenvalue weighted by molar-refractivity contribution is -0.166. The Balaban J connectivity index is 1.77. The second kappa shape index (κ2) is 3.42. The fraction of sp³-hybridized carbons (Fsp3) is 1.00. The number of aliphatic hydroxyl groups excluding tert-OH is 1. The van der Waals surface area contributed by atoms with Gasteiger partial charge in [0.1, 0.15) is 5.60 Å². The van der Waals surface area contributed by atoms with Crippen LogP contribution >= 0.6 is 0 Å². The predicted molar refractivity (Wildman–Crippen MR) is 52.3 cm³/mol. The largest absolute Gasteiger partial charge is 0.393 e. The molecule has 4 heteroatoms. The molecule has 3 rings (SSSR count). The Morgan fingerprint density at radius 1 is 1.40 bits per heavy atom. The Bertz CT molecular complexity index is 257. The summed E-state index contributed by atoms with van der Waals surface area (Å²) in [5, 5.41) is 9.63. The zero-order valence-electron chi connectivity index (χ0n) is 9.02. The summed E-state index contributed by atoms with van der Waals surface area (Å²) in [4.78, 5) is 0. The van der Waals surface area contributed by atoms with Crippen molar-refractivity contribution in [2.24, 2.45) is 5.92 Å². The van der Waals surface area contributed by atoms with E-state index in [-0.39, 0.29) is 24.1 Å². The molecule has 2 saturated heterocycles. The van der Waals surface area contributed by atoms with Crippen LogP contribution in [0.25, 0.3) is 0 Å². The first kappa shape index (κ1) is 10.0. The van der Waals surface area contributed by atoms with Gasteiger partial charge in [-0.15, -0.1) is 0 Å². The Labute approximate surface area is 89.5 Å². The highest BCUT2D eigenvalue weighted by atomic mass is 16.7. The van der Waals surface area contributed by atoms with E-state index in [2.05, 4.69) is 0 Å². The number of rotatable bonds is 1. The number of aliphatic hydroxyl groups is 1. The zero-order valence-corrected chi connectivity index (χ0v) is 9.02. The predicted octanol–water partition coefficient (Wildman–Crippen LogP) is 0.678. The fourth-order valence-electron chi connectivity index (χ4n) is 3.35. The molecule has 4 nitrogen and oxygen atoms in total. The van der Waals surface area contributed by atoms with Crippen molar-refractivity contribution in [1.82, 2.24) is 0 Å². The molecule has 1 unspecified atom stereocenters. The molecule has 0 radical (unpaired) electrons. The summed E-state index contributed by atoms with van der Waals surface area (Å²) in [6, 6.07) is 0. The molecular weight excluding hydrogens is 196 g/mol. The van der Waals surface area contributed by atoms with E-state index < -0.39 is 0 Å². The van der Waals surface area contributed by atoms with Gasteiger partial charge in [0.25, 0.3) is 0 Å². The molecule has 3 aliphatic rings. The smallest absolute Gasteiger partial charge is 0.158 e. The number of fused-ring (bicyclic) bond motifs is 2. The summed E-state index contributed by atoms with van der Waals surface area (Å²) in [6.07, 6.45) is 3.45. The Morgan fingerprint density at radius 2 is 2.27 bits per heavy atom. The van der Waals surface area contributed by atoms with Gasteiger partial charge < -0.3 is 19.3 Å². The van der Waals surface area contributed by atoms with Crippen molar-refractivity contribution in [2.75, 3.05) is 13.7 Å². The first-order chi connectivity index (χ1) is 7.23. The molecule has 0 aromatic heterocycles. The summed E-state index contributed by atoms with van der Waals surface area (Å²) in [6.45, 7) is 0.676. The number of hydrogen-bond donors (Lipinski definition) is 1. The Morgan fingerprint density at radius 3 is 3.00 bits per heavy atom. The molecule has 3 fully saturated rings. The van der Waals surface area contributed by atoms with Crippen LogP contribution in [0, 0.1) is 5.92 Å². The van der Waals surface area contributed by atoms with Gasteiger partial charge in [-0.25, -0.2) is 0 Å². The Kier molecular flexibility index (Phi) is 2.28. The van der Waals surface area contributed by atoms with Crippen LogP contribution < -0.4 is 0 Å². The van der Waals surface area contributed by atoms with Gasteiger partial charge in [0.2, 0.25) is 0 Å². The van der Waals surface area contributed by atoms with Gasteiger partial charge in [0.05, 0.1) is 18.8 Å². The minimum atomic E-state index is -0.206. The van der Waals surface area contributed by atoms with Crippen LogP contribution in [0.5, 0.6) is 0 Å². The third-order valence-electron chi connectivity index (χ3n) is 4.13. The lowest BCUT2D eigenvalue weighted by atomic mass is 9.85.